The molecule has 2 aliphatic rings. The predicted molar refractivity (Wildman–Crippen MR) is 101 cm³/mol. The van der Waals surface area contributed by atoms with Gasteiger partial charge in [-0.15, -0.1) is 0 Å². The Morgan fingerprint density at radius 2 is 1.96 bits per heavy atom. The van der Waals surface area contributed by atoms with Crippen LogP contribution in [0.4, 0.5) is 5.82 Å². The Kier molecular flexibility index (Phi) is 5.25. The molecule has 0 amide bonds. The van der Waals surface area contributed by atoms with Gasteiger partial charge in [-0.2, -0.15) is 5.26 Å². The van der Waals surface area contributed by atoms with Crippen LogP contribution in [0.1, 0.15) is 37.1 Å². The Morgan fingerprint density at radius 1 is 1.27 bits per heavy atom. The molecular formula is C20H30N4O2. The third-order valence-electron chi connectivity index (χ3n) is 6.05. The van der Waals surface area contributed by atoms with Gasteiger partial charge in [-0.05, 0) is 31.9 Å². The van der Waals surface area contributed by atoms with Gasteiger partial charge in [0.25, 0.3) is 0 Å². The summed E-state index contributed by atoms with van der Waals surface area (Å²) in [4.78, 5) is 9.21. The van der Waals surface area contributed by atoms with E-state index in [1.165, 1.54) is 0 Å². The molecular weight excluding hydrogens is 328 g/mol. The van der Waals surface area contributed by atoms with Crippen molar-refractivity contribution in [2.45, 2.75) is 39.7 Å². The molecule has 3 heterocycles. The maximum absolute atomic E-state index is 11.4. The minimum absolute atomic E-state index is 0.263. The van der Waals surface area contributed by atoms with Crippen LogP contribution < -0.4 is 4.90 Å². The highest BCUT2D eigenvalue weighted by Gasteiger charge is 2.48. The van der Waals surface area contributed by atoms with Crippen molar-refractivity contribution in [3.63, 3.8) is 0 Å². The summed E-state index contributed by atoms with van der Waals surface area (Å²) >= 11 is 0. The summed E-state index contributed by atoms with van der Waals surface area (Å²) < 4.78 is 5.43. The summed E-state index contributed by atoms with van der Waals surface area (Å²) in [5.74, 6) is 0.903. The van der Waals surface area contributed by atoms with Crippen molar-refractivity contribution in [3.8, 4) is 6.07 Å². The van der Waals surface area contributed by atoms with E-state index in [0.29, 0.717) is 18.5 Å². The van der Waals surface area contributed by atoms with Crippen LogP contribution >= 0.6 is 0 Å². The van der Waals surface area contributed by atoms with E-state index in [4.69, 9.17) is 4.74 Å². The summed E-state index contributed by atoms with van der Waals surface area (Å²) in [5, 5.41) is 20.7. The summed E-state index contributed by atoms with van der Waals surface area (Å²) in [6.45, 7) is 13.6. The topological polar surface area (TPSA) is 72.6 Å². The number of nitriles is 1. The standard InChI is InChI=1S/C20H30N4O2/c1-15-11-18(22-16(2)17(15)12-21)24-6-5-20(25,19(3,4)13-24)14-23-7-9-26-10-8-23/h11,25H,5-10,13-14H2,1-4H3/t20-/m0/s1. The third kappa shape index (κ3) is 3.57. The van der Waals surface area contributed by atoms with E-state index < -0.39 is 5.60 Å². The zero-order valence-corrected chi connectivity index (χ0v) is 16.4. The molecule has 0 spiro atoms. The van der Waals surface area contributed by atoms with Gasteiger partial charge in [0, 0.05) is 38.1 Å². The van der Waals surface area contributed by atoms with Crippen LogP contribution in [0.3, 0.4) is 0 Å². The molecule has 1 atom stereocenters. The van der Waals surface area contributed by atoms with Gasteiger partial charge in [0.2, 0.25) is 0 Å². The lowest BCUT2D eigenvalue weighted by Crippen LogP contribution is -2.62. The fraction of sp³-hybridized carbons (Fsp3) is 0.700. The maximum atomic E-state index is 11.4. The molecule has 0 radical (unpaired) electrons. The molecule has 0 saturated carbocycles. The Labute approximate surface area is 156 Å². The largest absolute Gasteiger partial charge is 0.388 e. The van der Waals surface area contributed by atoms with Crippen LogP contribution in [0.5, 0.6) is 0 Å². The van der Waals surface area contributed by atoms with Crippen LogP contribution in [0.15, 0.2) is 6.07 Å². The number of aryl methyl sites for hydroxylation is 2. The van der Waals surface area contributed by atoms with Crippen molar-refractivity contribution in [2.24, 2.45) is 5.41 Å². The minimum atomic E-state index is -0.725. The molecule has 1 aromatic heterocycles. The van der Waals surface area contributed by atoms with Crippen LogP contribution in [0, 0.1) is 30.6 Å². The molecule has 3 rings (SSSR count). The number of ether oxygens (including phenoxy) is 1. The van der Waals surface area contributed by atoms with Crippen LogP contribution in [-0.2, 0) is 4.74 Å². The summed E-state index contributed by atoms with van der Waals surface area (Å²) in [6.07, 6.45) is 0.705. The minimum Gasteiger partial charge on any atom is -0.388 e. The Hall–Kier alpha value is -1.68. The molecule has 0 bridgehead atoms. The number of aromatic nitrogens is 1. The number of pyridine rings is 1. The molecule has 142 valence electrons. The van der Waals surface area contributed by atoms with Gasteiger partial charge in [0.1, 0.15) is 11.9 Å². The maximum Gasteiger partial charge on any atom is 0.129 e. The SMILES string of the molecule is Cc1cc(N2CC[C@](O)(CN3CCOCC3)C(C)(C)C2)nc(C)c1C#N. The number of aliphatic hydroxyl groups is 1. The van der Waals surface area contributed by atoms with E-state index in [1.54, 1.807) is 0 Å². The van der Waals surface area contributed by atoms with E-state index in [0.717, 1.165) is 56.5 Å². The van der Waals surface area contributed by atoms with Crippen molar-refractivity contribution in [2.75, 3.05) is 50.8 Å². The number of β-amino-alcohol motifs (C(OH)–C–C–N with tert-alkyl or cyclic N) is 1. The second kappa shape index (κ2) is 7.15. The number of anilines is 1. The average Bonchev–Trinajstić information content (AvgIpc) is 2.58. The van der Waals surface area contributed by atoms with Gasteiger partial charge in [0.15, 0.2) is 0 Å². The molecule has 1 aromatic rings. The first-order chi connectivity index (χ1) is 12.3. The molecule has 26 heavy (non-hydrogen) atoms. The first kappa shape index (κ1) is 19.1. The van der Waals surface area contributed by atoms with E-state index in [-0.39, 0.29) is 5.41 Å². The molecule has 0 aromatic carbocycles. The molecule has 0 unspecified atom stereocenters. The van der Waals surface area contributed by atoms with E-state index >= 15 is 0 Å². The van der Waals surface area contributed by atoms with E-state index in [9.17, 15) is 10.4 Å². The number of piperidine rings is 1. The van der Waals surface area contributed by atoms with Crippen molar-refractivity contribution in [1.29, 1.82) is 5.26 Å². The van der Waals surface area contributed by atoms with Crippen LogP contribution in [0.2, 0.25) is 0 Å². The first-order valence-electron chi connectivity index (χ1n) is 9.41. The molecule has 2 aliphatic heterocycles. The number of hydrogen-bond acceptors (Lipinski definition) is 6. The van der Waals surface area contributed by atoms with E-state index in [2.05, 4.69) is 34.7 Å². The highest BCUT2D eigenvalue weighted by molar-refractivity contribution is 5.50. The smallest absolute Gasteiger partial charge is 0.129 e. The lowest BCUT2D eigenvalue weighted by molar-refractivity contribution is -0.111. The van der Waals surface area contributed by atoms with Gasteiger partial charge in [-0.3, -0.25) is 4.90 Å². The summed E-state index contributed by atoms with van der Waals surface area (Å²) in [6, 6.07) is 4.23. The van der Waals surface area contributed by atoms with Gasteiger partial charge in [-0.25, -0.2) is 4.98 Å². The second-order valence-electron chi connectivity index (χ2n) is 8.35. The predicted octanol–water partition coefficient (Wildman–Crippen LogP) is 1.87. The number of hydrogen-bond donors (Lipinski definition) is 1. The van der Waals surface area contributed by atoms with E-state index in [1.807, 2.05) is 19.9 Å². The van der Waals surface area contributed by atoms with Gasteiger partial charge in [0.05, 0.1) is 30.1 Å². The Bertz CT molecular complexity index is 683. The number of morpholine rings is 1. The molecule has 6 nitrogen and oxygen atoms in total. The molecule has 6 heteroatoms. The monoisotopic (exact) mass is 358 g/mol. The lowest BCUT2D eigenvalue weighted by atomic mass is 9.69. The van der Waals surface area contributed by atoms with Crippen molar-refractivity contribution >= 4 is 5.82 Å². The van der Waals surface area contributed by atoms with Gasteiger partial charge >= 0.3 is 0 Å². The van der Waals surface area contributed by atoms with Crippen molar-refractivity contribution in [1.82, 2.24) is 9.88 Å². The van der Waals surface area contributed by atoms with Crippen LogP contribution in [-0.4, -0.2) is 66.5 Å². The highest BCUT2D eigenvalue weighted by Crippen LogP contribution is 2.40. The fourth-order valence-corrected chi connectivity index (χ4v) is 4.12. The Morgan fingerprint density at radius 3 is 2.54 bits per heavy atom. The fourth-order valence-electron chi connectivity index (χ4n) is 4.12. The third-order valence-corrected chi connectivity index (χ3v) is 6.05. The first-order valence-corrected chi connectivity index (χ1v) is 9.41. The lowest BCUT2D eigenvalue weighted by Gasteiger charge is -2.52. The Balaban J connectivity index is 1.77. The van der Waals surface area contributed by atoms with Gasteiger partial charge < -0.3 is 14.7 Å². The average molecular weight is 358 g/mol. The van der Waals surface area contributed by atoms with Gasteiger partial charge in [-0.1, -0.05) is 13.8 Å². The normalized spacial score (nSPS) is 26.5. The molecule has 0 aliphatic carbocycles. The van der Waals surface area contributed by atoms with Crippen molar-refractivity contribution < 1.29 is 9.84 Å². The summed E-state index contributed by atoms with van der Waals surface area (Å²) in [5.41, 5.74) is 1.41. The zero-order chi connectivity index (χ0) is 18.9. The zero-order valence-electron chi connectivity index (χ0n) is 16.4. The second-order valence-corrected chi connectivity index (χ2v) is 8.35. The molecule has 2 fully saturated rings. The number of rotatable bonds is 3. The quantitative estimate of drug-likeness (QED) is 0.889. The molecule has 1 N–H and O–H groups in total. The van der Waals surface area contributed by atoms with Crippen molar-refractivity contribution in [3.05, 3.63) is 22.9 Å². The van der Waals surface area contributed by atoms with Crippen LogP contribution in [0.25, 0.3) is 0 Å². The number of nitrogens with zero attached hydrogens (tertiary/aromatic N) is 4. The summed E-state index contributed by atoms with van der Waals surface area (Å²) in [7, 11) is 0. The molecule has 2 saturated heterocycles. The highest BCUT2D eigenvalue weighted by atomic mass is 16.5.